The van der Waals surface area contributed by atoms with Crippen LogP contribution in [0.1, 0.15) is 23.8 Å². The molecule has 0 spiro atoms. The smallest absolute Gasteiger partial charge is 0.416 e. The van der Waals surface area contributed by atoms with Gasteiger partial charge in [-0.3, -0.25) is 0 Å². The van der Waals surface area contributed by atoms with E-state index >= 15 is 0 Å². The monoisotopic (exact) mass is 311 g/mol. The van der Waals surface area contributed by atoms with Crippen LogP contribution in [0.3, 0.4) is 0 Å². The molecule has 1 aliphatic rings. The number of halogens is 3. The number of aromatic hydroxyl groups is 1. The van der Waals surface area contributed by atoms with Gasteiger partial charge in [0.1, 0.15) is 0 Å². The Labute approximate surface area is 123 Å². The van der Waals surface area contributed by atoms with E-state index in [2.05, 4.69) is 0 Å². The summed E-state index contributed by atoms with van der Waals surface area (Å²) in [4.78, 5) is 0. The minimum Gasteiger partial charge on any atom is -0.504 e. The van der Waals surface area contributed by atoms with E-state index < -0.39 is 17.8 Å². The van der Waals surface area contributed by atoms with Crippen LogP contribution < -0.4 is 5.73 Å². The van der Waals surface area contributed by atoms with Gasteiger partial charge in [-0.05, 0) is 23.8 Å². The van der Waals surface area contributed by atoms with Gasteiger partial charge < -0.3 is 20.0 Å². The van der Waals surface area contributed by atoms with E-state index in [4.69, 9.17) is 14.9 Å². The first-order valence-electron chi connectivity index (χ1n) is 6.47. The Kier molecular flexibility index (Phi) is 3.27. The molecular formula is C15H12F3NO3. The number of hydrogen-bond acceptors (Lipinski definition) is 4. The summed E-state index contributed by atoms with van der Waals surface area (Å²) in [5.41, 5.74) is 5.06. The number of anilines is 1. The molecule has 1 aromatic heterocycles. The number of rotatable bonds is 2. The summed E-state index contributed by atoms with van der Waals surface area (Å²) in [6.07, 6.45) is -1.31. The molecule has 22 heavy (non-hydrogen) atoms. The molecule has 4 nitrogen and oxygen atoms in total. The molecule has 0 radical (unpaired) electrons. The number of nitrogens with two attached hydrogens (primary N) is 1. The molecule has 2 aromatic rings. The van der Waals surface area contributed by atoms with Crippen molar-refractivity contribution in [3.05, 3.63) is 47.9 Å². The second kappa shape index (κ2) is 5.01. The molecule has 3 N–H and O–H groups in total. The predicted molar refractivity (Wildman–Crippen MR) is 72.8 cm³/mol. The molecule has 1 aromatic carbocycles. The lowest BCUT2D eigenvalue weighted by atomic mass is 10.0. The zero-order valence-electron chi connectivity index (χ0n) is 11.2. The molecule has 0 saturated heterocycles. The Balaban J connectivity index is 2.05. The highest BCUT2D eigenvalue weighted by Gasteiger charge is 2.32. The standard InChI is InChI=1S/C15H12F3NO3/c16-15(17,18)9-4-1-3-8(7-9)11-12(20)13(22-14(11)19)10-5-2-6-21-10/h1-4,6-7,10,20H,5,19H2. The Morgan fingerprint density at radius 1 is 1.27 bits per heavy atom. The maximum atomic E-state index is 12.8. The fourth-order valence-corrected chi connectivity index (χ4v) is 2.36. The van der Waals surface area contributed by atoms with Crippen molar-refractivity contribution in [1.82, 2.24) is 0 Å². The maximum absolute atomic E-state index is 12.8. The van der Waals surface area contributed by atoms with Gasteiger partial charge in [0.2, 0.25) is 5.88 Å². The maximum Gasteiger partial charge on any atom is 0.416 e. The molecule has 0 fully saturated rings. The van der Waals surface area contributed by atoms with Crippen LogP contribution >= 0.6 is 0 Å². The third-order valence-electron chi connectivity index (χ3n) is 3.40. The van der Waals surface area contributed by atoms with Gasteiger partial charge in [0, 0.05) is 6.42 Å². The highest BCUT2D eigenvalue weighted by atomic mass is 19.4. The SMILES string of the molecule is Nc1oc(C2CC=CO2)c(O)c1-c1cccc(C(F)(F)F)c1. The van der Waals surface area contributed by atoms with Crippen LogP contribution in [0.15, 0.2) is 41.0 Å². The van der Waals surface area contributed by atoms with Crippen molar-refractivity contribution in [2.45, 2.75) is 18.7 Å². The number of ether oxygens (including phenoxy) is 1. The van der Waals surface area contributed by atoms with Gasteiger partial charge in [-0.15, -0.1) is 0 Å². The van der Waals surface area contributed by atoms with Crippen molar-refractivity contribution < 1.29 is 27.4 Å². The van der Waals surface area contributed by atoms with E-state index in [1.807, 2.05) is 0 Å². The summed E-state index contributed by atoms with van der Waals surface area (Å²) in [6, 6.07) is 4.53. The van der Waals surface area contributed by atoms with E-state index in [-0.39, 0.29) is 28.5 Å². The Morgan fingerprint density at radius 3 is 2.68 bits per heavy atom. The van der Waals surface area contributed by atoms with E-state index in [1.54, 1.807) is 6.08 Å². The summed E-state index contributed by atoms with van der Waals surface area (Å²) in [5, 5.41) is 10.3. The molecule has 1 atom stereocenters. The first kappa shape index (κ1) is 14.4. The lowest BCUT2D eigenvalue weighted by Gasteiger charge is -2.09. The summed E-state index contributed by atoms with van der Waals surface area (Å²) < 4.78 is 48.9. The topological polar surface area (TPSA) is 68.6 Å². The van der Waals surface area contributed by atoms with Gasteiger partial charge in [-0.25, -0.2) is 0 Å². The largest absolute Gasteiger partial charge is 0.504 e. The van der Waals surface area contributed by atoms with Crippen LogP contribution in [0.25, 0.3) is 11.1 Å². The van der Waals surface area contributed by atoms with Crippen molar-refractivity contribution in [1.29, 1.82) is 0 Å². The van der Waals surface area contributed by atoms with Gasteiger partial charge in [-0.2, -0.15) is 13.2 Å². The Morgan fingerprint density at radius 2 is 2.05 bits per heavy atom. The first-order chi connectivity index (χ1) is 10.4. The summed E-state index contributed by atoms with van der Waals surface area (Å²) in [7, 11) is 0. The zero-order valence-corrected chi connectivity index (χ0v) is 11.2. The molecular weight excluding hydrogens is 299 g/mol. The number of nitrogen functional groups attached to an aromatic ring is 1. The van der Waals surface area contributed by atoms with Crippen molar-refractivity contribution in [3.63, 3.8) is 0 Å². The van der Waals surface area contributed by atoms with Gasteiger partial charge in [0.25, 0.3) is 0 Å². The number of hydrogen-bond donors (Lipinski definition) is 2. The molecule has 2 heterocycles. The Bertz CT molecular complexity index is 726. The molecule has 0 amide bonds. The van der Waals surface area contributed by atoms with Crippen LogP contribution in [0.2, 0.25) is 0 Å². The van der Waals surface area contributed by atoms with Crippen molar-refractivity contribution in [2.24, 2.45) is 0 Å². The van der Waals surface area contributed by atoms with Gasteiger partial charge >= 0.3 is 6.18 Å². The molecule has 1 unspecified atom stereocenters. The third kappa shape index (κ3) is 2.38. The summed E-state index contributed by atoms with van der Waals surface area (Å²) in [6.45, 7) is 0. The molecule has 1 aliphatic heterocycles. The van der Waals surface area contributed by atoms with Crippen LogP contribution in [0.4, 0.5) is 19.1 Å². The highest BCUT2D eigenvalue weighted by molar-refractivity contribution is 5.80. The molecule has 116 valence electrons. The predicted octanol–water partition coefficient (Wildman–Crippen LogP) is 4.23. The molecule has 7 heteroatoms. The van der Waals surface area contributed by atoms with Crippen LogP contribution in [0, 0.1) is 0 Å². The molecule has 0 bridgehead atoms. The highest BCUT2D eigenvalue weighted by Crippen LogP contribution is 2.46. The minimum atomic E-state index is -4.48. The van der Waals surface area contributed by atoms with E-state index in [0.29, 0.717) is 6.42 Å². The third-order valence-corrected chi connectivity index (χ3v) is 3.40. The number of benzene rings is 1. The second-order valence-corrected chi connectivity index (χ2v) is 4.86. The van der Waals surface area contributed by atoms with Gasteiger partial charge in [0.15, 0.2) is 17.6 Å². The number of alkyl halides is 3. The average molecular weight is 311 g/mol. The van der Waals surface area contributed by atoms with E-state index in [9.17, 15) is 18.3 Å². The van der Waals surface area contributed by atoms with Crippen molar-refractivity contribution in [2.75, 3.05) is 5.73 Å². The average Bonchev–Trinajstić information content (AvgIpc) is 3.06. The summed E-state index contributed by atoms with van der Waals surface area (Å²) >= 11 is 0. The lowest BCUT2D eigenvalue weighted by molar-refractivity contribution is -0.137. The van der Waals surface area contributed by atoms with Crippen LogP contribution in [0.5, 0.6) is 5.75 Å². The van der Waals surface area contributed by atoms with Crippen molar-refractivity contribution >= 4 is 5.88 Å². The first-order valence-corrected chi connectivity index (χ1v) is 6.47. The van der Waals surface area contributed by atoms with Crippen LogP contribution in [-0.4, -0.2) is 5.11 Å². The summed E-state index contributed by atoms with van der Waals surface area (Å²) in [5.74, 6) is -0.345. The Hall–Kier alpha value is -2.57. The minimum absolute atomic E-state index is 0.0385. The molecule has 0 saturated carbocycles. The normalized spacial score (nSPS) is 17.7. The van der Waals surface area contributed by atoms with E-state index in [0.717, 1.165) is 12.1 Å². The van der Waals surface area contributed by atoms with Crippen molar-refractivity contribution in [3.8, 4) is 16.9 Å². The van der Waals surface area contributed by atoms with Gasteiger partial charge in [-0.1, -0.05) is 12.1 Å². The quantitative estimate of drug-likeness (QED) is 0.871. The molecule has 0 aliphatic carbocycles. The zero-order chi connectivity index (χ0) is 15.9. The number of furan rings is 1. The molecule has 3 rings (SSSR count). The fourth-order valence-electron chi connectivity index (χ4n) is 2.36. The van der Waals surface area contributed by atoms with Gasteiger partial charge in [0.05, 0.1) is 17.4 Å². The fraction of sp³-hybridized carbons (Fsp3) is 0.200. The van der Waals surface area contributed by atoms with Crippen LogP contribution in [-0.2, 0) is 10.9 Å². The van der Waals surface area contributed by atoms with E-state index in [1.165, 1.54) is 18.4 Å². The lowest BCUT2D eigenvalue weighted by Crippen LogP contribution is -2.04. The second-order valence-electron chi connectivity index (χ2n) is 4.86.